The fourth-order valence-electron chi connectivity index (χ4n) is 2.70. The van der Waals surface area contributed by atoms with Crippen LogP contribution in [0.15, 0.2) is 35.9 Å². The van der Waals surface area contributed by atoms with E-state index in [0.29, 0.717) is 12.0 Å². The minimum atomic E-state index is -1.15. The smallest absolute Gasteiger partial charge is 0.424 e. The minimum Gasteiger partial charge on any atom is -0.480 e. The van der Waals surface area contributed by atoms with Crippen molar-refractivity contribution in [1.82, 2.24) is 15.8 Å². The number of ether oxygens (including phenoxy) is 1. The van der Waals surface area contributed by atoms with Gasteiger partial charge in [-0.2, -0.15) is 0 Å². The Kier molecular flexibility index (Phi) is 9.38. The Hall–Kier alpha value is -2.67. The summed E-state index contributed by atoms with van der Waals surface area (Å²) < 4.78 is 4.69. The maximum atomic E-state index is 12.0. The number of amides is 1. The van der Waals surface area contributed by atoms with Crippen LogP contribution in [-0.4, -0.2) is 54.5 Å². The number of nitrogens with one attached hydrogen (secondary N) is 2. The molecule has 154 valence electrons. The van der Waals surface area contributed by atoms with E-state index in [4.69, 9.17) is 4.74 Å². The van der Waals surface area contributed by atoms with E-state index in [9.17, 15) is 19.5 Å². The molecule has 1 aromatic carbocycles. The Morgan fingerprint density at radius 3 is 2.39 bits per heavy atom. The monoisotopic (exact) mass is 391 g/mol. The quantitative estimate of drug-likeness (QED) is 0.242. The predicted octanol–water partition coefficient (Wildman–Crippen LogP) is 2.00. The first-order chi connectivity index (χ1) is 13.2. The first-order valence-electron chi connectivity index (χ1n) is 9.01. The van der Waals surface area contributed by atoms with Crippen molar-refractivity contribution in [2.45, 2.75) is 39.7 Å². The molecule has 1 atom stereocenters. The fourth-order valence-corrected chi connectivity index (χ4v) is 2.70. The Morgan fingerprint density at radius 1 is 1.25 bits per heavy atom. The lowest BCUT2D eigenvalue weighted by Crippen LogP contribution is -2.59. The van der Waals surface area contributed by atoms with Gasteiger partial charge in [-0.3, -0.25) is 5.32 Å². The summed E-state index contributed by atoms with van der Waals surface area (Å²) in [6.45, 7) is 5.49. The van der Waals surface area contributed by atoms with Gasteiger partial charge in [0.15, 0.2) is 6.04 Å². The topological polar surface area (TPSA) is 108 Å². The van der Waals surface area contributed by atoms with E-state index in [1.54, 1.807) is 20.8 Å². The van der Waals surface area contributed by atoms with Crippen molar-refractivity contribution < 1.29 is 24.2 Å². The van der Waals surface area contributed by atoms with Gasteiger partial charge in [0.05, 0.1) is 13.8 Å². The van der Waals surface area contributed by atoms with Crippen molar-refractivity contribution in [3.8, 4) is 0 Å². The number of hydrogen-bond acceptors (Lipinski definition) is 6. The van der Waals surface area contributed by atoms with Crippen LogP contribution >= 0.6 is 0 Å². The van der Waals surface area contributed by atoms with Crippen LogP contribution in [0.25, 0.3) is 0 Å². The van der Waals surface area contributed by atoms with Crippen LogP contribution in [-0.2, 0) is 20.7 Å². The molecule has 0 radical (unpaired) electrons. The van der Waals surface area contributed by atoms with Crippen LogP contribution < -0.4 is 10.7 Å². The van der Waals surface area contributed by atoms with Crippen LogP contribution in [0.4, 0.5) is 4.79 Å². The molecule has 0 fully saturated rings. The largest absolute Gasteiger partial charge is 0.480 e. The summed E-state index contributed by atoms with van der Waals surface area (Å²) in [6, 6.07) is 8.66. The molecule has 28 heavy (non-hydrogen) atoms. The summed E-state index contributed by atoms with van der Waals surface area (Å²) in [5.74, 6) is 0.785. The molecule has 1 amide bonds. The number of benzene rings is 1. The van der Waals surface area contributed by atoms with Gasteiger partial charge in [-0.05, 0) is 23.8 Å². The van der Waals surface area contributed by atoms with E-state index in [-0.39, 0.29) is 13.2 Å². The molecular formula is C20H29N3O5. The number of aliphatic carboxylic acids is 1. The van der Waals surface area contributed by atoms with Crippen LogP contribution in [0, 0.1) is 5.41 Å². The highest BCUT2D eigenvalue weighted by atomic mass is 16.5. The molecule has 0 heterocycles. The Balaban J connectivity index is 2.60. The minimum absolute atomic E-state index is 0.0749. The summed E-state index contributed by atoms with van der Waals surface area (Å²) in [5, 5.41) is 13.4. The number of carboxylic acids is 1. The fraction of sp³-hybridized carbons (Fsp3) is 0.500. The van der Waals surface area contributed by atoms with Gasteiger partial charge in [-0.1, -0.05) is 51.1 Å². The van der Waals surface area contributed by atoms with Crippen LogP contribution in [0.1, 0.15) is 32.8 Å². The number of rotatable bonds is 10. The zero-order valence-electron chi connectivity index (χ0n) is 16.8. The molecule has 0 aliphatic heterocycles. The van der Waals surface area contributed by atoms with Gasteiger partial charge in [0.1, 0.15) is 5.94 Å². The second-order valence-electron chi connectivity index (χ2n) is 7.40. The maximum absolute atomic E-state index is 12.0. The van der Waals surface area contributed by atoms with Crippen LogP contribution in [0.3, 0.4) is 0 Å². The van der Waals surface area contributed by atoms with Gasteiger partial charge in [0.25, 0.3) is 0 Å². The van der Waals surface area contributed by atoms with E-state index in [1.807, 2.05) is 36.3 Å². The number of carbonyl (C=O) groups is 2. The third-order valence-corrected chi connectivity index (χ3v) is 4.10. The van der Waals surface area contributed by atoms with E-state index in [1.165, 1.54) is 7.11 Å². The van der Waals surface area contributed by atoms with Crippen molar-refractivity contribution in [3.05, 3.63) is 41.5 Å². The zero-order valence-corrected chi connectivity index (χ0v) is 16.8. The van der Waals surface area contributed by atoms with Gasteiger partial charge in [-0.15, -0.1) is 0 Å². The van der Waals surface area contributed by atoms with Crippen molar-refractivity contribution in [2.24, 2.45) is 5.41 Å². The second-order valence-corrected chi connectivity index (χ2v) is 7.40. The molecule has 0 saturated heterocycles. The molecule has 1 aromatic rings. The number of carboxylic acid groups (broad SMARTS) is 1. The molecule has 8 nitrogen and oxygen atoms in total. The zero-order chi connectivity index (χ0) is 21.2. The summed E-state index contributed by atoms with van der Waals surface area (Å²) >= 11 is 0. The molecule has 0 bridgehead atoms. The van der Waals surface area contributed by atoms with Gasteiger partial charge in [0, 0.05) is 12.1 Å². The van der Waals surface area contributed by atoms with Crippen LogP contribution in [0.5, 0.6) is 0 Å². The lowest BCUT2D eigenvalue weighted by Gasteiger charge is -2.36. The standard InChI is InChI=1S/C20H29N3O5/c1-20(2,3)17(18(25)26)23(19(27)28-4)22-14-21-12-16(13-24)11-10-15-8-6-5-7-9-15/h5-9,17,21-22H,10-12,14H2,1-4H3,(H,25,26)/t17-/m1/s1. The molecular weight excluding hydrogens is 362 g/mol. The number of hydrazine groups is 1. The van der Waals surface area contributed by atoms with E-state index < -0.39 is 23.5 Å². The third-order valence-electron chi connectivity index (χ3n) is 4.10. The number of methoxy groups -OCH3 is 1. The second kappa shape index (κ2) is 11.2. The van der Waals surface area contributed by atoms with Crippen LogP contribution in [0.2, 0.25) is 0 Å². The highest BCUT2D eigenvalue weighted by Gasteiger charge is 2.40. The van der Waals surface area contributed by atoms with E-state index in [0.717, 1.165) is 17.0 Å². The molecule has 1 rings (SSSR count). The lowest BCUT2D eigenvalue weighted by molar-refractivity contribution is -0.148. The molecule has 0 saturated carbocycles. The summed E-state index contributed by atoms with van der Waals surface area (Å²) in [6.07, 6.45) is 0.473. The normalized spacial score (nSPS) is 12.0. The number of carbonyl (C=O) groups excluding carboxylic acids is 2. The van der Waals surface area contributed by atoms with Crippen molar-refractivity contribution in [1.29, 1.82) is 0 Å². The molecule has 3 N–H and O–H groups in total. The van der Waals surface area contributed by atoms with Gasteiger partial charge < -0.3 is 9.84 Å². The van der Waals surface area contributed by atoms with E-state index >= 15 is 0 Å². The predicted molar refractivity (Wildman–Crippen MR) is 105 cm³/mol. The first kappa shape index (κ1) is 23.4. The SMILES string of the molecule is COC(=O)N(NCNCC(=C=O)CCc1ccccc1)[C@H](C(=O)O)C(C)(C)C. The molecule has 0 aromatic heterocycles. The molecule has 0 spiro atoms. The molecule has 0 unspecified atom stereocenters. The Bertz CT molecular complexity index is 694. The van der Waals surface area contributed by atoms with Gasteiger partial charge in [0.2, 0.25) is 0 Å². The van der Waals surface area contributed by atoms with Gasteiger partial charge >= 0.3 is 12.1 Å². The average molecular weight is 391 g/mol. The average Bonchev–Trinajstić information content (AvgIpc) is 2.65. The molecule has 8 heteroatoms. The number of aryl methyl sites for hydroxylation is 1. The highest BCUT2D eigenvalue weighted by Crippen LogP contribution is 2.24. The lowest BCUT2D eigenvalue weighted by atomic mass is 9.86. The summed E-state index contributed by atoms with van der Waals surface area (Å²) in [5.41, 5.74) is 3.69. The Morgan fingerprint density at radius 2 is 1.89 bits per heavy atom. The first-order valence-corrected chi connectivity index (χ1v) is 9.01. The summed E-state index contributed by atoms with van der Waals surface area (Å²) in [4.78, 5) is 34.8. The number of nitrogens with zero attached hydrogens (tertiary/aromatic N) is 1. The van der Waals surface area contributed by atoms with Crippen molar-refractivity contribution in [3.63, 3.8) is 0 Å². The van der Waals surface area contributed by atoms with Crippen molar-refractivity contribution >= 4 is 18.0 Å². The maximum Gasteiger partial charge on any atom is 0.424 e. The summed E-state index contributed by atoms with van der Waals surface area (Å²) in [7, 11) is 1.18. The van der Waals surface area contributed by atoms with Crippen molar-refractivity contribution in [2.75, 3.05) is 20.3 Å². The third kappa shape index (κ3) is 7.52. The van der Waals surface area contributed by atoms with Gasteiger partial charge in [-0.25, -0.2) is 24.8 Å². The Labute approximate surface area is 165 Å². The number of hydrogen-bond donors (Lipinski definition) is 3. The highest BCUT2D eigenvalue weighted by molar-refractivity contribution is 5.80. The molecule has 0 aliphatic rings. The molecule has 0 aliphatic carbocycles. The van der Waals surface area contributed by atoms with E-state index in [2.05, 4.69) is 10.7 Å².